The first-order valence-corrected chi connectivity index (χ1v) is 11.7. The molecular weight excluding hydrogens is 485 g/mol. The van der Waals surface area contributed by atoms with Gasteiger partial charge in [0.15, 0.2) is 12.2 Å². The predicted octanol–water partition coefficient (Wildman–Crippen LogP) is 1.62. The molecule has 2 aromatic rings. The minimum Gasteiger partial charge on any atom is -0.357 e. The highest BCUT2D eigenvalue weighted by Crippen LogP contribution is 2.43. The smallest absolute Gasteiger partial charge is 0.357 e. The number of rotatable bonds is 12. The van der Waals surface area contributed by atoms with Crippen LogP contribution < -0.4 is 16.1 Å². The lowest BCUT2D eigenvalue weighted by atomic mass is 10.1. The molecule has 0 aliphatic rings. The molecule has 0 unspecified atom stereocenters. The molecule has 2 aromatic carbocycles. The van der Waals surface area contributed by atoms with Crippen molar-refractivity contribution < 1.29 is 33.0 Å². The molecule has 2 atom stereocenters. The molecule has 0 fully saturated rings. The molecule has 0 saturated carbocycles. The molecule has 0 radical (unpaired) electrons. The van der Waals surface area contributed by atoms with E-state index in [1.165, 1.54) is 62.6 Å². The molecule has 15 heteroatoms. The predicted molar refractivity (Wildman–Crippen MR) is 123 cm³/mol. The number of nitrogens with zero attached hydrogens (tertiary/aromatic N) is 2. The Labute approximate surface area is 199 Å². The summed E-state index contributed by atoms with van der Waals surface area (Å²) < 4.78 is 23.5. The van der Waals surface area contributed by atoms with E-state index < -0.39 is 41.6 Å². The van der Waals surface area contributed by atoms with Gasteiger partial charge in [0.2, 0.25) is 11.8 Å². The standard InChI is InChI=1S/C20H24N5O9P/c1-22-19(26)17(11-13-3-7-15(8-4-13)24(28)29)33-35(21,32)34-18(20(27)23-2)12-14-5-9-16(10-6-14)25(30)31/h3-10,17-18H,11-12H2,1-2H3,(H2,21,32)(H,22,26)(H,23,27)/t17-,18-/m0/s1. The van der Waals surface area contributed by atoms with E-state index in [2.05, 4.69) is 10.6 Å². The SMILES string of the molecule is CNC(=O)[C@H](Cc1ccc([N+](=O)[O-])cc1)OP(N)(=O)O[C@@H](Cc1ccc([N+](=O)[O-])cc1)C(=O)NC. The van der Waals surface area contributed by atoms with Crippen LogP contribution in [-0.4, -0.2) is 48.0 Å². The largest absolute Gasteiger partial charge is 0.404 e. The van der Waals surface area contributed by atoms with Gasteiger partial charge in [-0.15, -0.1) is 0 Å². The van der Waals surface area contributed by atoms with Crippen molar-refractivity contribution in [3.8, 4) is 0 Å². The fourth-order valence-electron chi connectivity index (χ4n) is 2.99. The highest BCUT2D eigenvalue weighted by molar-refractivity contribution is 7.51. The van der Waals surface area contributed by atoms with Crippen molar-refractivity contribution in [1.82, 2.24) is 10.6 Å². The molecule has 2 amide bonds. The fourth-order valence-corrected chi connectivity index (χ4v) is 4.09. The molecular formula is C20H24N5O9P. The number of benzene rings is 2. The van der Waals surface area contributed by atoms with Crippen LogP contribution in [0.2, 0.25) is 0 Å². The van der Waals surface area contributed by atoms with Crippen molar-refractivity contribution in [3.63, 3.8) is 0 Å². The van der Waals surface area contributed by atoms with Crippen LogP contribution in [0.25, 0.3) is 0 Å². The van der Waals surface area contributed by atoms with Gasteiger partial charge in [0.1, 0.15) is 0 Å². The van der Waals surface area contributed by atoms with Crippen LogP contribution in [0.15, 0.2) is 48.5 Å². The second kappa shape index (κ2) is 12.1. The third-order valence-electron chi connectivity index (χ3n) is 4.76. The number of amides is 2. The van der Waals surface area contributed by atoms with Gasteiger partial charge in [0.05, 0.1) is 9.85 Å². The maximum Gasteiger partial charge on any atom is 0.404 e. The number of nitrogens with one attached hydrogen (secondary N) is 2. The summed E-state index contributed by atoms with van der Waals surface area (Å²) >= 11 is 0. The van der Waals surface area contributed by atoms with E-state index >= 15 is 0 Å². The van der Waals surface area contributed by atoms with Crippen molar-refractivity contribution in [2.45, 2.75) is 25.0 Å². The fraction of sp³-hybridized carbons (Fsp3) is 0.300. The van der Waals surface area contributed by atoms with Gasteiger partial charge in [-0.05, 0) is 11.1 Å². The molecule has 0 aliphatic carbocycles. The molecule has 0 aromatic heterocycles. The number of hydrogen-bond donors (Lipinski definition) is 3. The zero-order valence-electron chi connectivity index (χ0n) is 18.8. The quantitative estimate of drug-likeness (QED) is 0.214. The van der Waals surface area contributed by atoms with Gasteiger partial charge in [-0.25, -0.2) is 10.1 Å². The van der Waals surface area contributed by atoms with Gasteiger partial charge in [0, 0.05) is 51.2 Å². The number of carbonyl (C=O) groups excluding carboxylic acids is 2. The first-order valence-electron chi connectivity index (χ1n) is 10.1. The Bertz CT molecular complexity index is 1040. The Kier molecular flexibility index (Phi) is 9.54. The summed E-state index contributed by atoms with van der Waals surface area (Å²) in [6, 6.07) is 10.6. The average molecular weight is 509 g/mol. The number of nitrogens with two attached hydrogens (primary N) is 1. The molecule has 4 N–H and O–H groups in total. The van der Waals surface area contributed by atoms with E-state index in [1.54, 1.807) is 0 Å². The summed E-state index contributed by atoms with van der Waals surface area (Å²) in [6.45, 7) is 0. The second-order valence-corrected chi connectivity index (χ2v) is 8.71. The molecule has 2 rings (SSSR count). The van der Waals surface area contributed by atoms with Gasteiger partial charge < -0.3 is 10.6 Å². The first-order chi connectivity index (χ1) is 16.5. The van der Waals surface area contributed by atoms with E-state index in [1.807, 2.05) is 0 Å². The lowest BCUT2D eigenvalue weighted by Crippen LogP contribution is -2.39. The topological polar surface area (TPSA) is 206 Å². The Morgan fingerprint density at radius 1 is 0.829 bits per heavy atom. The molecule has 0 bridgehead atoms. The summed E-state index contributed by atoms with van der Waals surface area (Å²) in [6.07, 6.45) is -3.09. The number of non-ortho nitro benzene ring substituents is 2. The van der Waals surface area contributed by atoms with Crippen LogP contribution in [0.4, 0.5) is 11.4 Å². The average Bonchev–Trinajstić information content (AvgIpc) is 2.82. The minimum atomic E-state index is -4.50. The van der Waals surface area contributed by atoms with Gasteiger partial charge in [-0.1, -0.05) is 24.3 Å². The van der Waals surface area contributed by atoms with Crippen LogP contribution >= 0.6 is 7.75 Å². The summed E-state index contributed by atoms with van der Waals surface area (Å²) in [5.41, 5.74) is 6.32. The van der Waals surface area contributed by atoms with Crippen LogP contribution in [0, 0.1) is 20.2 Å². The summed E-state index contributed by atoms with van der Waals surface area (Å²) in [7, 11) is -1.86. The number of likely N-dealkylation sites (N-methyl/N-ethyl adjacent to an activating group) is 2. The molecule has 0 aliphatic heterocycles. The van der Waals surface area contributed by atoms with Crippen molar-refractivity contribution in [2.24, 2.45) is 5.50 Å². The van der Waals surface area contributed by atoms with E-state index in [4.69, 9.17) is 14.6 Å². The zero-order chi connectivity index (χ0) is 26.2. The normalized spacial score (nSPS) is 12.9. The van der Waals surface area contributed by atoms with E-state index in [-0.39, 0.29) is 24.2 Å². The number of carbonyl (C=O) groups is 2. The van der Waals surface area contributed by atoms with Gasteiger partial charge in [-0.2, -0.15) is 0 Å². The molecule has 0 spiro atoms. The van der Waals surface area contributed by atoms with Gasteiger partial charge in [-0.3, -0.25) is 38.9 Å². The van der Waals surface area contributed by atoms with E-state index in [9.17, 15) is 34.4 Å². The Morgan fingerprint density at radius 3 is 1.40 bits per heavy atom. The van der Waals surface area contributed by atoms with Gasteiger partial charge in [0.25, 0.3) is 11.4 Å². The number of hydrogen-bond acceptors (Lipinski definition) is 9. The summed E-state index contributed by atoms with van der Waals surface area (Å²) in [5, 5.41) is 26.3. The third kappa shape index (κ3) is 8.22. The van der Waals surface area contributed by atoms with Crippen LogP contribution in [0.1, 0.15) is 11.1 Å². The van der Waals surface area contributed by atoms with E-state index in [0.717, 1.165) is 0 Å². The van der Waals surface area contributed by atoms with Crippen LogP contribution in [-0.2, 0) is 36.0 Å². The van der Waals surface area contributed by atoms with Crippen molar-refractivity contribution >= 4 is 30.9 Å². The maximum absolute atomic E-state index is 12.9. The Morgan fingerprint density at radius 2 is 1.14 bits per heavy atom. The number of nitro groups is 2. The molecule has 0 saturated heterocycles. The molecule has 188 valence electrons. The Balaban J connectivity index is 2.18. The van der Waals surface area contributed by atoms with Crippen molar-refractivity contribution in [2.75, 3.05) is 14.1 Å². The molecule has 0 heterocycles. The molecule has 35 heavy (non-hydrogen) atoms. The zero-order valence-corrected chi connectivity index (χ0v) is 19.7. The van der Waals surface area contributed by atoms with Crippen LogP contribution in [0.3, 0.4) is 0 Å². The summed E-state index contributed by atoms with van der Waals surface area (Å²) in [5.74, 6) is -1.38. The van der Waals surface area contributed by atoms with Crippen molar-refractivity contribution in [3.05, 3.63) is 79.9 Å². The number of nitro benzene ring substituents is 2. The van der Waals surface area contributed by atoms with E-state index in [0.29, 0.717) is 11.1 Å². The summed E-state index contributed by atoms with van der Waals surface area (Å²) in [4.78, 5) is 45.1. The first kappa shape index (κ1) is 27.5. The minimum absolute atomic E-state index is 0.144. The van der Waals surface area contributed by atoms with Crippen LogP contribution in [0.5, 0.6) is 0 Å². The highest BCUT2D eigenvalue weighted by Gasteiger charge is 2.34. The van der Waals surface area contributed by atoms with Gasteiger partial charge >= 0.3 is 7.75 Å². The monoisotopic (exact) mass is 509 g/mol. The Hall–Kier alpha value is -3.71. The second-order valence-electron chi connectivity index (χ2n) is 7.21. The van der Waals surface area contributed by atoms with Crippen molar-refractivity contribution in [1.29, 1.82) is 0 Å². The lowest BCUT2D eigenvalue weighted by molar-refractivity contribution is -0.385. The third-order valence-corrected chi connectivity index (χ3v) is 5.86. The highest BCUT2D eigenvalue weighted by atomic mass is 31.2. The maximum atomic E-state index is 12.9. The molecule has 14 nitrogen and oxygen atoms in total. The lowest BCUT2D eigenvalue weighted by Gasteiger charge is -2.24.